The molecule has 0 aliphatic carbocycles. The first-order valence-electron chi connectivity index (χ1n) is 11.4. The number of hydrogen-bond acceptors (Lipinski definition) is 6. The molecule has 1 aliphatic rings. The molecule has 0 saturated carbocycles. The minimum atomic E-state index is -0.142. The summed E-state index contributed by atoms with van der Waals surface area (Å²) in [4.78, 5) is 29.0. The molecular formula is C26H25N5O3S. The summed E-state index contributed by atoms with van der Waals surface area (Å²) in [6.07, 6.45) is 1.49. The summed E-state index contributed by atoms with van der Waals surface area (Å²) in [7, 11) is 0. The van der Waals surface area contributed by atoms with Crippen molar-refractivity contribution in [2.24, 2.45) is 0 Å². The molecule has 2 aromatic heterocycles. The van der Waals surface area contributed by atoms with E-state index in [2.05, 4.69) is 16.3 Å². The van der Waals surface area contributed by atoms with Gasteiger partial charge in [-0.1, -0.05) is 53.7 Å². The molecule has 178 valence electrons. The first kappa shape index (κ1) is 22.9. The molecule has 5 rings (SSSR count). The second-order valence-corrected chi connectivity index (χ2v) is 9.23. The summed E-state index contributed by atoms with van der Waals surface area (Å²) < 4.78 is 7.20. The molecule has 0 bridgehead atoms. The molecule has 0 spiro atoms. The van der Waals surface area contributed by atoms with E-state index in [-0.39, 0.29) is 17.6 Å². The molecular weight excluding hydrogens is 462 g/mol. The second kappa shape index (κ2) is 10.2. The molecule has 2 aromatic carbocycles. The zero-order valence-corrected chi connectivity index (χ0v) is 20.1. The number of nitrogens with zero attached hydrogens (tertiary/aromatic N) is 5. The topological polar surface area (TPSA) is 84.5 Å². The Morgan fingerprint density at radius 1 is 0.914 bits per heavy atom. The number of para-hydroxylation sites is 1. The number of furan rings is 1. The smallest absolute Gasteiger partial charge is 0.289 e. The third-order valence-electron chi connectivity index (χ3n) is 5.90. The third-order valence-corrected chi connectivity index (χ3v) is 6.81. The predicted molar refractivity (Wildman–Crippen MR) is 133 cm³/mol. The molecule has 1 saturated heterocycles. The highest BCUT2D eigenvalue weighted by Crippen LogP contribution is 2.28. The summed E-state index contributed by atoms with van der Waals surface area (Å²) >= 11 is 1.37. The highest BCUT2D eigenvalue weighted by atomic mass is 32.2. The Morgan fingerprint density at radius 3 is 2.40 bits per heavy atom. The SMILES string of the molecule is Cc1cccc(-c2nnc(SCC(=O)N3CCN(C(=O)c4ccco4)CC3)n2-c2ccccc2)c1. The Kier molecular flexibility index (Phi) is 6.67. The van der Waals surface area contributed by atoms with Gasteiger partial charge in [0.05, 0.1) is 12.0 Å². The van der Waals surface area contributed by atoms with Gasteiger partial charge in [-0.3, -0.25) is 14.2 Å². The van der Waals surface area contributed by atoms with Crippen LogP contribution in [0.5, 0.6) is 0 Å². The molecule has 2 amide bonds. The summed E-state index contributed by atoms with van der Waals surface area (Å²) in [6, 6.07) is 21.4. The lowest BCUT2D eigenvalue weighted by atomic mass is 10.1. The summed E-state index contributed by atoms with van der Waals surface area (Å²) in [5, 5.41) is 9.54. The van der Waals surface area contributed by atoms with Crippen molar-refractivity contribution in [3.05, 3.63) is 84.3 Å². The second-order valence-electron chi connectivity index (χ2n) is 8.29. The van der Waals surface area contributed by atoms with Gasteiger partial charge in [0, 0.05) is 37.4 Å². The average Bonchev–Trinajstić information content (AvgIpc) is 3.58. The Labute approximate surface area is 207 Å². The number of benzene rings is 2. The lowest BCUT2D eigenvalue weighted by Crippen LogP contribution is -2.51. The van der Waals surface area contributed by atoms with Crippen LogP contribution in [-0.4, -0.2) is 68.3 Å². The fourth-order valence-electron chi connectivity index (χ4n) is 4.08. The van der Waals surface area contributed by atoms with Crippen LogP contribution in [-0.2, 0) is 4.79 Å². The van der Waals surface area contributed by atoms with Crippen LogP contribution in [0.3, 0.4) is 0 Å². The lowest BCUT2D eigenvalue weighted by molar-refractivity contribution is -0.129. The van der Waals surface area contributed by atoms with Gasteiger partial charge in [-0.25, -0.2) is 0 Å². The van der Waals surface area contributed by atoms with Gasteiger partial charge in [0.2, 0.25) is 5.91 Å². The van der Waals surface area contributed by atoms with Crippen LogP contribution < -0.4 is 0 Å². The molecule has 3 heterocycles. The van der Waals surface area contributed by atoms with Gasteiger partial charge in [-0.2, -0.15) is 0 Å². The van der Waals surface area contributed by atoms with E-state index in [0.29, 0.717) is 37.1 Å². The number of carbonyl (C=O) groups excluding carboxylic acids is 2. The van der Waals surface area contributed by atoms with Gasteiger partial charge in [-0.05, 0) is 37.3 Å². The van der Waals surface area contributed by atoms with Crippen molar-refractivity contribution in [2.45, 2.75) is 12.1 Å². The van der Waals surface area contributed by atoms with E-state index >= 15 is 0 Å². The Bertz CT molecular complexity index is 1310. The molecule has 0 radical (unpaired) electrons. The molecule has 9 heteroatoms. The molecule has 1 fully saturated rings. The summed E-state index contributed by atoms with van der Waals surface area (Å²) in [5.41, 5.74) is 3.05. The predicted octanol–water partition coefficient (Wildman–Crippen LogP) is 3.91. The maximum Gasteiger partial charge on any atom is 0.289 e. The van der Waals surface area contributed by atoms with Crippen molar-refractivity contribution in [1.82, 2.24) is 24.6 Å². The molecule has 8 nitrogen and oxygen atoms in total. The highest BCUT2D eigenvalue weighted by Gasteiger charge is 2.26. The first-order valence-corrected chi connectivity index (χ1v) is 12.4. The largest absolute Gasteiger partial charge is 0.459 e. The minimum absolute atomic E-state index is 0.0137. The zero-order chi connectivity index (χ0) is 24.2. The average molecular weight is 488 g/mol. The van der Waals surface area contributed by atoms with Crippen LogP contribution in [0.25, 0.3) is 17.1 Å². The minimum Gasteiger partial charge on any atom is -0.459 e. The van der Waals surface area contributed by atoms with E-state index in [1.54, 1.807) is 21.9 Å². The number of rotatable bonds is 6. The molecule has 4 aromatic rings. The van der Waals surface area contributed by atoms with Crippen molar-refractivity contribution in [2.75, 3.05) is 31.9 Å². The van der Waals surface area contributed by atoms with Crippen molar-refractivity contribution in [3.8, 4) is 17.1 Å². The fraction of sp³-hybridized carbons (Fsp3) is 0.231. The number of aryl methyl sites for hydroxylation is 1. The number of carbonyl (C=O) groups is 2. The van der Waals surface area contributed by atoms with Gasteiger partial charge in [-0.15, -0.1) is 10.2 Å². The standard InChI is InChI=1S/C26H25N5O3S/c1-19-7-5-8-20(17-19)24-27-28-26(31(24)21-9-3-2-4-10-21)35-18-23(32)29-12-14-30(15-13-29)25(33)22-11-6-16-34-22/h2-11,16-17H,12-15,18H2,1H3. The first-order chi connectivity index (χ1) is 17.1. The van der Waals surface area contributed by atoms with E-state index in [1.807, 2.05) is 60.0 Å². The normalized spacial score (nSPS) is 13.7. The highest BCUT2D eigenvalue weighted by molar-refractivity contribution is 7.99. The van der Waals surface area contributed by atoms with E-state index in [9.17, 15) is 9.59 Å². The Balaban J connectivity index is 1.28. The summed E-state index contributed by atoms with van der Waals surface area (Å²) in [6.45, 7) is 3.99. The monoisotopic (exact) mass is 487 g/mol. The van der Waals surface area contributed by atoms with Crippen LogP contribution in [0.2, 0.25) is 0 Å². The van der Waals surface area contributed by atoms with E-state index in [4.69, 9.17) is 4.42 Å². The van der Waals surface area contributed by atoms with Crippen molar-refractivity contribution >= 4 is 23.6 Å². The molecule has 0 N–H and O–H groups in total. The van der Waals surface area contributed by atoms with E-state index < -0.39 is 0 Å². The third kappa shape index (κ3) is 5.00. The number of amides is 2. The van der Waals surface area contributed by atoms with Crippen molar-refractivity contribution < 1.29 is 14.0 Å². The molecule has 1 aliphatic heterocycles. The van der Waals surface area contributed by atoms with Crippen LogP contribution >= 0.6 is 11.8 Å². The van der Waals surface area contributed by atoms with Gasteiger partial charge in [0.25, 0.3) is 5.91 Å². The van der Waals surface area contributed by atoms with Crippen molar-refractivity contribution in [3.63, 3.8) is 0 Å². The quantitative estimate of drug-likeness (QED) is 0.384. The molecule has 0 atom stereocenters. The van der Waals surface area contributed by atoms with Gasteiger partial charge < -0.3 is 14.2 Å². The number of piperazine rings is 1. The van der Waals surface area contributed by atoms with Gasteiger partial charge in [0.15, 0.2) is 16.7 Å². The Morgan fingerprint density at radius 2 is 1.69 bits per heavy atom. The van der Waals surface area contributed by atoms with Crippen LogP contribution in [0, 0.1) is 6.92 Å². The number of thioether (sulfide) groups is 1. The number of hydrogen-bond donors (Lipinski definition) is 0. The maximum atomic E-state index is 13.0. The van der Waals surface area contributed by atoms with Gasteiger partial charge >= 0.3 is 0 Å². The number of aromatic nitrogens is 3. The molecule has 0 unspecified atom stereocenters. The van der Waals surface area contributed by atoms with Crippen molar-refractivity contribution in [1.29, 1.82) is 0 Å². The maximum absolute atomic E-state index is 13.0. The van der Waals surface area contributed by atoms with E-state index in [0.717, 1.165) is 22.6 Å². The van der Waals surface area contributed by atoms with Crippen LogP contribution in [0.4, 0.5) is 0 Å². The van der Waals surface area contributed by atoms with Crippen LogP contribution in [0.15, 0.2) is 82.6 Å². The van der Waals surface area contributed by atoms with Crippen LogP contribution in [0.1, 0.15) is 16.1 Å². The zero-order valence-electron chi connectivity index (χ0n) is 19.3. The lowest BCUT2D eigenvalue weighted by Gasteiger charge is -2.34. The fourth-order valence-corrected chi connectivity index (χ4v) is 4.93. The molecule has 35 heavy (non-hydrogen) atoms. The van der Waals surface area contributed by atoms with E-state index in [1.165, 1.54) is 18.0 Å². The van der Waals surface area contributed by atoms with Gasteiger partial charge in [0.1, 0.15) is 0 Å². The Hall–Kier alpha value is -3.85. The summed E-state index contributed by atoms with van der Waals surface area (Å²) in [5.74, 6) is 1.17.